The average Bonchev–Trinajstić information content (AvgIpc) is 2.75. The summed E-state index contributed by atoms with van der Waals surface area (Å²) < 4.78 is 5.07. The SMILES string of the molecule is CC(C)c1cc(NC(=O)CN(C)CC2CC(O)C2)on1. The molecule has 2 rings (SSSR count). The lowest BCUT2D eigenvalue weighted by molar-refractivity contribution is -0.117. The molecule has 0 aromatic carbocycles. The lowest BCUT2D eigenvalue weighted by Gasteiger charge is -2.34. The fourth-order valence-electron chi connectivity index (χ4n) is 2.40. The van der Waals surface area contributed by atoms with Gasteiger partial charge in [0.1, 0.15) is 0 Å². The van der Waals surface area contributed by atoms with Crippen LogP contribution in [-0.4, -0.2) is 47.3 Å². The predicted octanol–water partition coefficient (Wildman–Crippen LogP) is 1.44. The van der Waals surface area contributed by atoms with Crippen LogP contribution < -0.4 is 5.32 Å². The monoisotopic (exact) mass is 281 g/mol. The molecule has 1 aromatic heterocycles. The first-order valence-electron chi connectivity index (χ1n) is 7.07. The van der Waals surface area contributed by atoms with Crippen molar-refractivity contribution >= 4 is 11.8 Å². The van der Waals surface area contributed by atoms with E-state index in [1.165, 1.54) is 0 Å². The smallest absolute Gasteiger partial charge is 0.240 e. The van der Waals surface area contributed by atoms with E-state index in [4.69, 9.17) is 4.52 Å². The van der Waals surface area contributed by atoms with E-state index in [1.54, 1.807) is 6.07 Å². The van der Waals surface area contributed by atoms with Crippen LogP contribution in [0.25, 0.3) is 0 Å². The van der Waals surface area contributed by atoms with Gasteiger partial charge in [0.2, 0.25) is 11.8 Å². The summed E-state index contributed by atoms with van der Waals surface area (Å²) in [6, 6.07) is 1.75. The molecule has 0 atom stereocenters. The quantitative estimate of drug-likeness (QED) is 0.825. The molecule has 0 spiro atoms. The van der Waals surface area contributed by atoms with E-state index in [1.807, 2.05) is 25.8 Å². The van der Waals surface area contributed by atoms with Crippen molar-refractivity contribution in [3.05, 3.63) is 11.8 Å². The molecule has 0 aliphatic heterocycles. The number of aliphatic hydroxyl groups excluding tert-OH is 1. The van der Waals surface area contributed by atoms with Gasteiger partial charge in [-0.2, -0.15) is 0 Å². The zero-order valence-electron chi connectivity index (χ0n) is 12.3. The highest BCUT2D eigenvalue weighted by Crippen LogP contribution is 2.27. The van der Waals surface area contributed by atoms with Crippen LogP contribution in [0.1, 0.15) is 38.3 Å². The van der Waals surface area contributed by atoms with Crippen LogP contribution in [0.4, 0.5) is 5.88 Å². The van der Waals surface area contributed by atoms with Crippen LogP contribution in [0, 0.1) is 5.92 Å². The summed E-state index contributed by atoms with van der Waals surface area (Å²) in [5.74, 6) is 1.06. The predicted molar refractivity (Wildman–Crippen MR) is 75.4 cm³/mol. The van der Waals surface area contributed by atoms with Gasteiger partial charge in [0.15, 0.2) is 0 Å². The van der Waals surface area contributed by atoms with Crippen LogP contribution in [0.3, 0.4) is 0 Å². The molecule has 0 radical (unpaired) electrons. The second-order valence-electron chi connectivity index (χ2n) is 6.01. The molecule has 6 nitrogen and oxygen atoms in total. The van der Waals surface area contributed by atoms with Crippen LogP contribution in [0.2, 0.25) is 0 Å². The standard InChI is InChI=1S/C14H23N3O3/c1-9(2)12-6-14(20-16-12)15-13(19)8-17(3)7-10-4-11(18)5-10/h6,9-11,18H,4-5,7-8H2,1-3H3,(H,15,19). The summed E-state index contributed by atoms with van der Waals surface area (Å²) in [5.41, 5.74) is 0.831. The molecular formula is C14H23N3O3. The van der Waals surface area contributed by atoms with Gasteiger partial charge in [-0.1, -0.05) is 19.0 Å². The number of aliphatic hydroxyl groups is 1. The number of hydrogen-bond acceptors (Lipinski definition) is 5. The molecule has 1 aliphatic carbocycles. The van der Waals surface area contributed by atoms with Gasteiger partial charge in [0.05, 0.1) is 18.3 Å². The molecule has 0 saturated heterocycles. The number of amides is 1. The Morgan fingerprint density at radius 2 is 2.30 bits per heavy atom. The number of nitrogens with one attached hydrogen (secondary N) is 1. The molecule has 1 aromatic rings. The maximum Gasteiger partial charge on any atom is 0.240 e. The Morgan fingerprint density at radius 3 is 2.85 bits per heavy atom. The fraction of sp³-hybridized carbons (Fsp3) is 0.714. The van der Waals surface area contributed by atoms with Gasteiger partial charge >= 0.3 is 0 Å². The van der Waals surface area contributed by atoms with Crippen molar-refractivity contribution in [3.63, 3.8) is 0 Å². The number of nitrogens with zero attached hydrogens (tertiary/aromatic N) is 2. The molecule has 0 unspecified atom stereocenters. The molecule has 1 amide bonds. The Bertz CT molecular complexity index is 452. The van der Waals surface area contributed by atoms with Crippen LogP contribution in [-0.2, 0) is 4.79 Å². The van der Waals surface area contributed by atoms with E-state index in [0.717, 1.165) is 25.1 Å². The number of likely N-dealkylation sites (N-methyl/N-ethyl adjacent to an activating group) is 1. The Labute approximate surface area is 119 Å². The van der Waals surface area contributed by atoms with E-state index in [9.17, 15) is 9.90 Å². The molecule has 1 fully saturated rings. The number of hydrogen-bond donors (Lipinski definition) is 2. The van der Waals surface area contributed by atoms with Crippen LogP contribution in [0.15, 0.2) is 10.6 Å². The van der Waals surface area contributed by atoms with Gasteiger partial charge in [-0.15, -0.1) is 0 Å². The minimum absolute atomic E-state index is 0.112. The number of carbonyl (C=O) groups excluding carboxylic acids is 1. The third-order valence-corrected chi connectivity index (χ3v) is 3.58. The molecule has 112 valence electrons. The highest BCUT2D eigenvalue weighted by Gasteiger charge is 2.28. The van der Waals surface area contributed by atoms with Crippen molar-refractivity contribution in [2.24, 2.45) is 5.92 Å². The molecule has 0 bridgehead atoms. The first-order valence-corrected chi connectivity index (χ1v) is 7.07. The van der Waals surface area contributed by atoms with Crippen molar-refractivity contribution in [1.29, 1.82) is 0 Å². The van der Waals surface area contributed by atoms with Gasteiger partial charge in [-0.25, -0.2) is 0 Å². The number of rotatable bonds is 6. The topological polar surface area (TPSA) is 78.6 Å². The highest BCUT2D eigenvalue weighted by atomic mass is 16.5. The van der Waals surface area contributed by atoms with E-state index >= 15 is 0 Å². The van der Waals surface area contributed by atoms with Gasteiger partial charge in [0.25, 0.3) is 0 Å². The minimum atomic E-state index is -0.147. The molecule has 1 aliphatic rings. The second-order valence-corrected chi connectivity index (χ2v) is 6.01. The summed E-state index contributed by atoms with van der Waals surface area (Å²) in [6.07, 6.45) is 1.53. The lowest BCUT2D eigenvalue weighted by Crippen LogP contribution is -2.39. The summed E-state index contributed by atoms with van der Waals surface area (Å²) in [7, 11) is 1.91. The van der Waals surface area contributed by atoms with Crippen molar-refractivity contribution in [3.8, 4) is 0 Å². The van der Waals surface area contributed by atoms with Crippen LogP contribution >= 0.6 is 0 Å². The van der Waals surface area contributed by atoms with E-state index in [0.29, 0.717) is 18.3 Å². The number of aromatic nitrogens is 1. The van der Waals surface area contributed by atoms with E-state index in [2.05, 4.69) is 10.5 Å². The summed E-state index contributed by atoms with van der Waals surface area (Å²) in [4.78, 5) is 13.8. The third-order valence-electron chi connectivity index (χ3n) is 3.58. The molecule has 1 heterocycles. The fourth-order valence-corrected chi connectivity index (χ4v) is 2.40. The number of anilines is 1. The molecule has 6 heteroatoms. The largest absolute Gasteiger partial charge is 0.393 e. The van der Waals surface area contributed by atoms with Gasteiger partial charge in [-0.3, -0.25) is 15.0 Å². The third kappa shape index (κ3) is 4.05. The number of carbonyl (C=O) groups is 1. The Morgan fingerprint density at radius 1 is 1.60 bits per heavy atom. The average molecular weight is 281 g/mol. The van der Waals surface area contributed by atoms with E-state index in [-0.39, 0.29) is 17.9 Å². The maximum atomic E-state index is 11.9. The summed E-state index contributed by atoms with van der Waals surface area (Å²) in [5, 5.41) is 15.8. The Kier molecular flexibility index (Phi) is 4.77. The summed E-state index contributed by atoms with van der Waals surface area (Å²) >= 11 is 0. The minimum Gasteiger partial charge on any atom is -0.393 e. The first kappa shape index (κ1) is 15.0. The maximum absolute atomic E-state index is 11.9. The van der Waals surface area contributed by atoms with E-state index < -0.39 is 0 Å². The Hall–Kier alpha value is -1.40. The molecule has 2 N–H and O–H groups in total. The summed E-state index contributed by atoms with van der Waals surface area (Å²) in [6.45, 7) is 5.18. The van der Waals surface area contributed by atoms with Crippen molar-refractivity contribution in [1.82, 2.24) is 10.1 Å². The van der Waals surface area contributed by atoms with Crippen molar-refractivity contribution in [2.75, 3.05) is 25.5 Å². The highest BCUT2D eigenvalue weighted by molar-refractivity contribution is 5.90. The molecule has 1 saturated carbocycles. The van der Waals surface area contributed by atoms with Gasteiger partial charge in [0, 0.05) is 12.6 Å². The Balaban J connectivity index is 1.73. The second kappa shape index (κ2) is 6.37. The molecule has 20 heavy (non-hydrogen) atoms. The zero-order chi connectivity index (χ0) is 14.7. The first-order chi connectivity index (χ1) is 9.44. The zero-order valence-corrected chi connectivity index (χ0v) is 12.3. The normalized spacial score (nSPS) is 22.1. The van der Waals surface area contributed by atoms with Crippen molar-refractivity contribution < 1.29 is 14.4 Å². The molecular weight excluding hydrogens is 258 g/mol. The lowest BCUT2D eigenvalue weighted by atomic mass is 9.82. The van der Waals surface area contributed by atoms with Crippen LogP contribution in [0.5, 0.6) is 0 Å². The van der Waals surface area contributed by atoms with Crippen molar-refractivity contribution in [2.45, 2.75) is 38.7 Å². The van der Waals surface area contributed by atoms with Gasteiger partial charge < -0.3 is 9.63 Å². The van der Waals surface area contributed by atoms with Gasteiger partial charge in [-0.05, 0) is 31.7 Å².